The van der Waals surface area contributed by atoms with E-state index in [0.29, 0.717) is 5.52 Å². The second-order valence-corrected chi connectivity index (χ2v) is 3.59. The minimum atomic E-state index is -1.17. The van der Waals surface area contributed by atoms with Crippen LogP contribution >= 0.6 is 11.7 Å². The molecule has 0 radical (unpaired) electrons. The van der Waals surface area contributed by atoms with E-state index in [2.05, 4.69) is 8.75 Å². The predicted molar refractivity (Wildman–Crippen MR) is 60.7 cm³/mol. The summed E-state index contributed by atoms with van der Waals surface area (Å²) in [6, 6.07) is 3.01. The number of nitro benzene ring substituents is 1. The number of fused-ring (bicyclic) bond motifs is 1. The molecule has 0 amide bonds. The van der Waals surface area contributed by atoms with Gasteiger partial charge in [-0.3, -0.25) is 10.1 Å². The number of nitrogens with zero attached hydrogens (tertiary/aromatic N) is 3. The van der Waals surface area contributed by atoms with Gasteiger partial charge in [0.1, 0.15) is 5.52 Å². The molecule has 0 saturated carbocycles. The molecule has 7 nitrogen and oxygen atoms in total. The third kappa shape index (κ3) is 2.11. The molecule has 2 rings (SSSR count). The van der Waals surface area contributed by atoms with Crippen LogP contribution in [-0.2, 0) is 4.79 Å². The van der Waals surface area contributed by atoms with E-state index in [-0.39, 0.29) is 16.8 Å². The largest absolute Gasteiger partial charge is 0.478 e. The quantitative estimate of drug-likeness (QED) is 0.505. The van der Waals surface area contributed by atoms with Gasteiger partial charge in [-0.2, -0.15) is 8.75 Å². The van der Waals surface area contributed by atoms with Gasteiger partial charge in [-0.1, -0.05) is 0 Å². The predicted octanol–water partition coefficient (Wildman–Crippen LogP) is 1.70. The SMILES string of the molecule is O=C(O)/C=C/c1ccc2nsnc2c1[N+](=O)[O-]. The molecule has 2 aromatic rings. The average molecular weight is 251 g/mol. The fourth-order valence-corrected chi connectivity index (χ4v) is 1.88. The van der Waals surface area contributed by atoms with Crippen molar-refractivity contribution in [3.63, 3.8) is 0 Å². The van der Waals surface area contributed by atoms with Crippen molar-refractivity contribution in [3.8, 4) is 0 Å². The van der Waals surface area contributed by atoms with Crippen LogP contribution in [0, 0.1) is 10.1 Å². The Hall–Kier alpha value is -2.35. The Kier molecular flexibility index (Phi) is 2.79. The molecular formula is C9H5N3O4S. The molecule has 0 aliphatic rings. The third-order valence-corrected chi connectivity index (χ3v) is 2.56. The van der Waals surface area contributed by atoms with E-state index in [4.69, 9.17) is 5.11 Å². The summed E-state index contributed by atoms with van der Waals surface area (Å²) in [5, 5.41) is 19.4. The van der Waals surface area contributed by atoms with Crippen LogP contribution in [0.25, 0.3) is 17.1 Å². The van der Waals surface area contributed by atoms with Gasteiger partial charge in [-0.25, -0.2) is 4.79 Å². The summed E-state index contributed by atoms with van der Waals surface area (Å²) < 4.78 is 7.72. The summed E-state index contributed by atoms with van der Waals surface area (Å²) in [4.78, 5) is 20.7. The number of benzene rings is 1. The van der Waals surface area contributed by atoms with E-state index in [1.165, 1.54) is 12.1 Å². The normalized spacial score (nSPS) is 11.1. The summed E-state index contributed by atoms with van der Waals surface area (Å²) in [5.74, 6) is -1.17. The first-order valence-electron chi connectivity index (χ1n) is 4.40. The molecule has 0 fully saturated rings. The van der Waals surface area contributed by atoms with Crippen molar-refractivity contribution in [3.05, 3.63) is 33.9 Å². The highest BCUT2D eigenvalue weighted by atomic mass is 32.1. The highest BCUT2D eigenvalue weighted by molar-refractivity contribution is 7.00. The van der Waals surface area contributed by atoms with Crippen LogP contribution in [0.1, 0.15) is 5.56 Å². The summed E-state index contributed by atoms with van der Waals surface area (Å²) in [7, 11) is 0. The molecule has 1 N–H and O–H groups in total. The van der Waals surface area contributed by atoms with E-state index in [9.17, 15) is 14.9 Å². The summed E-state index contributed by atoms with van der Waals surface area (Å²) >= 11 is 0.873. The topological polar surface area (TPSA) is 106 Å². The lowest BCUT2D eigenvalue weighted by Crippen LogP contribution is -1.94. The minimum absolute atomic E-state index is 0.174. The van der Waals surface area contributed by atoms with E-state index < -0.39 is 10.9 Å². The third-order valence-electron chi connectivity index (χ3n) is 2.02. The van der Waals surface area contributed by atoms with Gasteiger partial charge in [0, 0.05) is 6.08 Å². The van der Waals surface area contributed by atoms with Crippen molar-refractivity contribution >= 4 is 40.5 Å². The Labute approximate surface area is 98.5 Å². The number of carboxylic acid groups (broad SMARTS) is 1. The monoisotopic (exact) mass is 251 g/mol. The number of carboxylic acids is 1. The van der Waals surface area contributed by atoms with Crippen LogP contribution in [-0.4, -0.2) is 24.7 Å². The van der Waals surface area contributed by atoms with Gasteiger partial charge in [0.15, 0.2) is 5.52 Å². The number of rotatable bonds is 3. The minimum Gasteiger partial charge on any atom is -0.478 e. The molecule has 0 atom stereocenters. The Bertz CT molecular complexity index is 634. The lowest BCUT2D eigenvalue weighted by Gasteiger charge is -1.97. The molecule has 17 heavy (non-hydrogen) atoms. The van der Waals surface area contributed by atoms with E-state index in [0.717, 1.165) is 17.8 Å². The standard InChI is InChI=1S/C9H5N3O4S/c13-7(14)4-2-5-1-3-6-8(11-17-10-6)9(5)12(15)16/h1-4H,(H,13,14)/b4-2+. The van der Waals surface area contributed by atoms with Crippen LogP contribution < -0.4 is 0 Å². The van der Waals surface area contributed by atoms with Crippen LogP contribution in [0.15, 0.2) is 18.2 Å². The zero-order valence-electron chi connectivity index (χ0n) is 8.23. The van der Waals surface area contributed by atoms with E-state index in [1.807, 2.05) is 0 Å². The molecule has 8 heteroatoms. The van der Waals surface area contributed by atoms with Crippen molar-refractivity contribution in [2.75, 3.05) is 0 Å². The molecule has 1 aromatic carbocycles. The van der Waals surface area contributed by atoms with Gasteiger partial charge in [-0.15, -0.1) is 0 Å². The van der Waals surface area contributed by atoms with Crippen LogP contribution in [0.2, 0.25) is 0 Å². The highest BCUT2D eigenvalue weighted by Gasteiger charge is 2.19. The maximum atomic E-state index is 10.9. The molecule has 0 bridgehead atoms. The molecule has 0 saturated heterocycles. The van der Waals surface area contributed by atoms with E-state index in [1.54, 1.807) is 6.07 Å². The molecular weight excluding hydrogens is 246 g/mol. The number of hydrogen-bond acceptors (Lipinski definition) is 6. The Balaban J connectivity index is 2.66. The Morgan fingerprint density at radius 2 is 2.24 bits per heavy atom. The van der Waals surface area contributed by atoms with E-state index >= 15 is 0 Å². The van der Waals surface area contributed by atoms with Crippen molar-refractivity contribution in [1.82, 2.24) is 8.75 Å². The fraction of sp³-hybridized carbons (Fsp3) is 0. The number of aromatic nitrogens is 2. The fourth-order valence-electron chi connectivity index (χ4n) is 1.34. The molecule has 1 heterocycles. The number of nitro groups is 1. The number of carbonyl (C=O) groups is 1. The molecule has 0 aliphatic heterocycles. The summed E-state index contributed by atoms with van der Waals surface area (Å²) in [6.07, 6.45) is 2.01. The molecule has 86 valence electrons. The van der Waals surface area contributed by atoms with Gasteiger partial charge in [-0.05, 0) is 18.2 Å². The maximum absolute atomic E-state index is 10.9. The maximum Gasteiger partial charge on any atom is 0.328 e. The second-order valence-electron chi connectivity index (χ2n) is 3.06. The van der Waals surface area contributed by atoms with Crippen molar-refractivity contribution in [2.45, 2.75) is 0 Å². The van der Waals surface area contributed by atoms with Crippen molar-refractivity contribution in [1.29, 1.82) is 0 Å². The van der Waals surface area contributed by atoms with Gasteiger partial charge < -0.3 is 5.11 Å². The summed E-state index contributed by atoms with van der Waals surface area (Å²) in [6.45, 7) is 0. The number of aliphatic carboxylic acids is 1. The molecule has 1 aromatic heterocycles. The van der Waals surface area contributed by atoms with Crippen LogP contribution in [0.4, 0.5) is 5.69 Å². The number of hydrogen-bond donors (Lipinski definition) is 1. The van der Waals surface area contributed by atoms with Gasteiger partial charge >= 0.3 is 11.7 Å². The smallest absolute Gasteiger partial charge is 0.328 e. The van der Waals surface area contributed by atoms with Crippen molar-refractivity contribution in [2.24, 2.45) is 0 Å². The highest BCUT2D eigenvalue weighted by Crippen LogP contribution is 2.28. The zero-order chi connectivity index (χ0) is 12.4. The lowest BCUT2D eigenvalue weighted by atomic mass is 10.1. The Morgan fingerprint density at radius 3 is 2.88 bits per heavy atom. The lowest BCUT2D eigenvalue weighted by molar-refractivity contribution is -0.383. The van der Waals surface area contributed by atoms with Crippen molar-refractivity contribution < 1.29 is 14.8 Å². The Morgan fingerprint density at radius 1 is 1.47 bits per heavy atom. The van der Waals surface area contributed by atoms with Gasteiger partial charge in [0.2, 0.25) is 0 Å². The second kappa shape index (κ2) is 4.26. The van der Waals surface area contributed by atoms with Gasteiger partial charge in [0.05, 0.1) is 22.2 Å². The zero-order valence-corrected chi connectivity index (χ0v) is 9.05. The molecule has 0 spiro atoms. The first-order chi connectivity index (χ1) is 8.09. The van der Waals surface area contributed by atoms with Gasteiger partial charge in [0.25, 0.3) is 0 Å². The first-order valence-corrected chi connectivity index (χ1v) is 5.13. The average Bonchev–Trinajstić information content (AvgIpc) is 2.72. The molecule has 0 aliphatic carbocycles. The van der Waals surface area contributed by atoms with Crippen LogP contribution in [0.3, 0.4) is 0 Å². The first kappa shape index (κ1) is 11.1. The summed E-state index contributed by atoms with van der Waals surface area (Å²) in [5.41, 5.74) is 0.563. The molecule has 0 unspecified atom stereocenters. The van der Waals surface area contributed by atoms with Crippen LogP contribution in [0.5, 0.6) is 0 Å².